The first-order valence-electron chi connectivity index (χ1n) is 4.66. The molecule has 0 aliphatic carbocycles. The summed E-state index contributed by atoms with van der Waals surface area (Å²) in [6.45, 7) is 0. The lowest BCUT2D eigenvalue weighted by molar-refractivity contribution is 0.0701. The van der Waals surface area contributed by atoms with Gasteiger partial charge in [0.25, 0.3) is 0 Å². The van der Waals surface area contributed by atoms with E-state index in [4.69, 9.17) is 9.84 Å². The Morgan fingerprint density at radius 1 is 1.53 bits per heavy atom. The van der Waals surface area contributed by atoms with E-state index < -0.39 is 5.97 Å². The van der Waals surface area contributed by atoms with Gasteiger partial charge in [-0.05, 0) is 28.1 Å². The summed E-state index contributed by atoms with van der Waals surface area (Å²) in [7, 11) is 1.58. The van der Waals surface area contributed by atoms with Crippen LogP contribution in [0.15, 0.2) is 28.9 Å². The zero-order valence-corrected chi connectivity index (χ0v) is 11.2. The van der Waals surface area contributed by atoms with Gasteiger partial charge < -0.3 is 9.84 Å². The fraction of sp³-hybridized carbons (Fsp3) is 0.0909. The maximum atomic E-state index is 10.9. The van der Waals surface area contributed by atoms with Crippen molar-refractivity contribution in [3.8, 4) is 16.3 Å². The van der Waals surface area contributed by atoms with E-state index in [1.165, 1.54) is 0 Å². The molecule has 0 saturated heterocycles. The number of carboxylic acid groups (broad SMARTS) is 1. The van der Waals surface area contributed by atoms with Crippen molar-refractivity contribution in [2.45, 2.75) is 0 Å². The van der Waals surface area contributed by atoms with E-state index in [9.17, 15) is 4.79 Å². The first-order valence-corrected chi connectivity index (χ1v) is 6.27. The van der Waals surface area contributed by atoms with Crippen molar-refractivity contribution in [1.82, 2.24) is 4.98 Å². The van der Waals surface area contributed by atoms with E-state index >= 15 is 0 Å². The number of aromatic nitrogens is 1. The van der Waals surface area contributed by atoms with Crippen LogP contribution < -0.4 is 4.74 Å². The number of thiazole rings is 1. The van der Waals surface area contributed by atoms with Gasteiger partial charge in [0.15, 0.2) is 0 Å². The van der Waals surface area contributed by atoms with Crippen LogP contribution in [0.1, 0.15) is 9.67 Å². The van der Waals surface area contributed by atoms with E-state index in [0.29, 0.717) is 15.4 Å². The average molecular weight is 314 g/mol. The Morgan fingerprint density at radius 2 is 2.29 bits per heavy atom. The van der Waals surface area contributed by atoms with Crippen molar-refractivity contribution >= 4 is 33.2 Å². The number of aromatic carboxylic acids is 1. The van der Waals surface area contributed by atoms with Crippen molar-refractivity contribution < 1.29 is 14.6 Å². The summed E-state index contributed by atoms with van der Waals surface area (Å²) >= 11 is 4.26. The highest BCUT2D eigenvalue weighted by Gasteiger charge is 2.16. The largest absolute Gasteiger partial charge is 0.497 e. The fourth-order valence-electron chi connectivity index (χ4n) is 1.31. The molecule has 0 saturated carbocycles. The van der Waals surface area contributed by atoms with Crippen LogP contribution in [0.3, 0.4) is 0 Å². The Labute approximate surface area is 110 Å². The number of carboxylic acids is 1. The van der Waals surface area contributed by atoms with E-state index in [1.54, 1.807) is 7.11 Å². The minimum absolute atomic E-state index is 0.197. The second-order valence-corrected chi connectivity index (χ2v) is 4.93. The molecule has 0 aliphatic rings. The Bertz CT molecular complexity index is 568. The van der Waals surface area contributed by atoms with Crippen LogP contribution in [0.4, 0.5) is 0 Å². The number of hydrogen-bond donors (Lipinski definition) is 1. The van der Waals surface area contributed by atoms with Gasteiger partial charge in [-0.25, -0.2) is 9.78 Å². The molecule has 1 aromatic carbocycles. The number of methoxy groups -OCH3 is 1. The molecule has 2 aromatic rings. The number of ether oxygens (including phenoxy) is 1. The van der Waals surface area contributed by atoms with Gasteiger partial charge in [-0.1, -0.05) is 12.1 Å². The summed E-state index contributed by atoms with van der Waals surface area (Å²) in [6, 6.07) is 7.34. The number of hydrogen-bond acceptors (Lipinski definition) is 4. The third kappa shape index (κ3) is 2.48. The number of rotatable bonds is 3. The molecule has 0 aliphatic heterocycles. The Balaban J connectivity index is 2.46. The maximum Gasteiger partial charge on any atom is 0.348 e. The van der Waals surface area contributed by atoms with Gasteiger partial charge in [-0.15, -0.1) is 11.3 Å². The predicted octanol–water partition coefficient (Wildman–Crippen LogP) is 3.28. The Kier molecular flexibility index (Phi) is 3.44. The fourth-order valence-corrected chi connectivity index (χ4v) is 2.81. The molecule has 2 rings (SSSR count). The quantitative estimate of drug-likeness (QED) is 0.944. The summed E-state index contributed by atoms with van der Waals surface area (Å²) < 4.78 is 5.46. The second kappa shape index (κ2) is 4.85. The lowest BCUT2D eigenvalue weighted by atomic mass is 10.2. The predicted molar refractivity (Wildman–Crippen MR) is 68.8 cm³/mol. The van der Waals surface area contributed by atoms with E-state index in [1.807, 2.05) is 24.3 Å². The topological polar surface area (TPSA) is 59.4 Å². The van der Waals surface area contributed by atoms with Gasteiger partial charge in [-0.3, -0.25) is 0 Å². The lowest BCUT2D eigenvalue weighted by Gasteiger charge is -2.00. The summed E-state index contributed by atoms with van der Waals surface area (Å²) in [5.74, 6) is -0.269. The number of halogens is 1. The molecule has 0 unspecified atom stereocenters. The molecule has 17 heavy (non-hydrogen) atoms. The first kappa shape index (κ1) is 12.1. The highest BCUT2D eigenvalue weighted by molar-refractivity contribution is 9.10. The molecule has 0 radical (unpaired) electrons. The van der Waals surface area contributed by atoms with Crippen LogP contribution in [0.5, 0.6) is 5.75 Å². The smallest absolute Gasteiger partial charge is 0.348 e. The summed E-state index contributed by atoms with van der Waals surface area (Å²) in [5, 5.41) is 9.59. The Hall–Kier alpha value is -1.40. The molecule has 88 valence electrons. The minimum Gasteiger partial charge on any atom is -0.497 e. The molecular formula is C11H8BrNO3S. The third-order valence-corrected chi connectivity index (χ3v) is 4.03. The van der Waals surface area contributed by atoms with Crippen molar-refractivity contribution in [2.24, 2.45) is 0 Å². The van der Waals surface area contributed by atoms with Crippen LogP contribution in [-0.4, -0.2) is 23.2 Å². The number of nitrogens with zero attached hydrogens (tertiary/aromatic N) is 1. The van der Waals surface area contributed by atoms with Crippen LogP contribution in [0, 0.1) is 0 Å². The zero-order chi connectivity index (χ0) is 12.4. The molecule has 0 amide bonds. The third-order valence-electron chi connectivity index (χ3n) is 2.10. The summed E-state index contributed by atoms with van der Waals surface area (Å²) in [5.41, 5.74) is 0.836. The molecule has 1 heterocycles. The van der Waals surface area contributed by atoms with Gasteiger partial charge in [0, 0.05) is 5.56 Å². The normalized spacial score (nSPS) is 10.2. The van der Waals surface area contributed by atoms with E-state index in [0.717, 1.165) is 16.9 Å². The average Bonchev–Trinajstić information content (AvgIpc) is 2.71. The zero-order valence-electron chi connectivity index (χ0n) is 8.81. The highest BCUT2D eigenvalue weighted by atomic mass is 79.9. The van der Waals surface area contributed by atoms with E-state index in [-0.39, 0.29) is 4.88 Å². The lowest BCUT2D eigenvalue weighted by Crippen LogP contribution is -1.91. The number of benzene rings is 1. The monoisotopic (exact) mass is 313 g/mol. The van der Waals surface area contributed by atoms with Gasteiger partial charge in [0.1, 0.15) is 20.2 Å². The van der Waals surface area contributed by atoms with Crippen LogP contribution in [-0.2, 0) is 0 Å². The summed E-state index contributed by atoms with van der Waals surface area (Å²) in [6.07, 6.45) is 0. The van der Waals surface area contributed by atoms with Crippen molar-refractivity contribution in [2.75, 3.05) is 7.11 Å². The Morgan fingerprint density at radius 3 is 2.88 bits per heavy atom. The molecule has 0 spiro atoms. The van der Waals surface area contributed by atoms with Crippen LogP contribution >= 0.6 is 27.3 Å². The molecule has 6 heteroatoms. The minimum atomic E-state index is -0.983. The molecule has 4 nitrogen and oxygen atoms in total. The SMILES string of the molecule is COc1cccc(-c2nc(Br)c(C(=O)O)s2)c1. The highest BCUT2D eigenvalue weighted by Crippen LogP contribution is 2.32. The standard InChI is InChI=1S/C11H8BrNO3S/c1-16-7-4-2-3-6(5-7)10-13-9(12)8(17-10)11(14)15/h2-5H,1H3,(H,14,15). The van der Waals surface area contributed by atoms with Crippen LogP contribution in [0.2, 0.25) is 0 Å². The second-order valence-electron chi connectivity index (χ2n) is 3.18. The molecule has 0 bridgehead atoms. The van der Waals surface area contributed by atoms with Crippen LogP contribution in [0.25, 0.3) is 10.6 Å². The molecule has 1 aromatic heterocycles. The van der Waals surface area contributed by atoms with Gasteiger partial charge in [0.2, 0.25) is 0 Å². The maximum absolute atomic E-state index is 10.9. The molecule has 0 atom stereocenters. The molecule has 0 fully saturated rings. The van der Waals surface area contributed by atoms with Crippen molar-refractivity contribution in [3.63, 3.8) is 0 Å². The van der Waals surface area contributed by atoms with Gasteiger partial charge >= 0.3 is 5.97 Å². The van der Waals surface area contributed by atoms with Crippen molar-refractivity contribution in [3.05, 3.63) is 33.7 Å². The van der Waals surface area contributed by atoms with Gasteiger partial charge in [-0.2, -0.15) is 0 Å². The van der Waals surface area contributed by atoms with Gasteiger partial charge in [0.05, 0.1) is 7.11 Å². The number of carbonyl (C=O) groups is 1. The molecular weight excluding hydrogens is 306 g/mol. The first-order chi connectivity index (χ1) is 8.11. The molecule has 1 N–H and O–H groups in total. The van der Waals surface area contributed by atoms with E-state index in [2.05, 4.69) is 20.9 Å². The van der Waals surface area contributed by atoms with Crippen molar-refractivity contribution in [1.29, 1.82) is 0 Å². The summed E-state index contributed by atoms with van der Waals surface area (Å²) in [4.78, 5) is 15.3.